The smallest absolute Gasteiger partial charge is 0.333 e. The summed E-state index contributed by atoms with van der Waals surface area (Å²) in [5, 5.41) is 0. The van der Waals surface area contributed by atoms with Crippen LogP contribution < -0.4 is 4.74 Å². The monoisotopic (exact) mass is 671 g/mol. The van der Waals surface area contributed by atoms with Crippen LogP contribution >= 0.6 is 0 Å². The highest BCUT2D eigenvalue weighted by molar-refractivity contribution is 7.80. The largest absolute Gasteiger partial charge is 0.726 e. The van der Waals surface area contributed by atoms with Gasteiger partial charge in [-0.1, -0.05) is 77.5 Å². The van der Waals surface area contributed by atoms with Crippen molar-refractivity contribution in [1.29, 1.82) is 0 Å². The normalized spacial score (nSPS) is 14.2. The van der Waals surface area contributed by atoms with Crippen LogP contribution in [0.25, 0.3) is 0 Å². The van der Waals surface area contributed by atoms with Gasteiger partial charge in [0.25, 0.3) is 0 Å². The van der Waals surface area contributed by atoms with E-state index in [1.54, 1.807) is 6.92 Å². The van der Waals surface area contributed by atoms with E-state index < -0.39 is 40.5 Å². The minimum Gasteiger partial charge on any atom is -0.726 e. The molecule has 0 heterocycles. The molecule has 0 aliphatic heterocycles. The lowest BCUT2D eigenvalue weighted by Gasteiger charge is -2.31. The number of hydrogen-bond donors (Lipinski definition) is 0. The molecule has 11 nitrogen and oxygen atoms in total. The molecule has 0 radical (unpaired) electrons. The van der Waals surface area contributed by atoms with Gasteiger partial charge in [0.05, 0.1) is 39.5 Å². The van der Waals surface area contributed by atoms with Crippen LogP contribution in [0.3, 0.4) is 0 Å². The Labute approximate surface area is 276 Å². The van der Waals surface area contributed by atoms with Crippen molar-refractivity contribution in [2.24, 2.45) is 11.3 Å². The third-order valence-electron chi connectivity index (χ3n) is 7.82. The van der Waals surface area contributed by atoms with E-state index in [0.717, 1.165) is 12.8 Å². The average molecular weight is 672 g/mol. The molecular formula is C34H55O11S-. The van der Waals surface area contributed by atoms with Crippen molar-refractivity contribution in [3.63, 3.8) is 0 Å². The van der Waals surface area contributed by atoms with E-state index in [9.17, 15) is 22.6 Å². The van der Waals surface area contributed by atoms with Gasteiger partial charge < -0.3 is 28.2 Å². The Morgan fingerprint density at radius 1 is 0.913 bits per heavy atom. The minimum absolute atomic E-state index is 0.0723. The van der Waals surface area contributed by atoms with Gasteiger partial charge in [-0.2, -0.15) is 0 Å². The highest BCUT2D eigenvalue weighted by Gasteiger charge is 2.38. The van der Waals surface area contributed by atoms with Gasteiger partial charge in [-0.15, -0.1) is 0 Å². The van der Waals surface area contributed by atoms with Crippen molar-refractivity contribution >= 4 is 22.3 Å². The van der Waals surface area contributed by atoms with Crippen molar-refractivity contribution in [1.82, 2.24) is 0 Å². The van der Waals surface area contributed by atoms with Gasteiger partial charge in [-0.25, -0.2) is 13.2 Å². The molecule has 264 valence electrons. The maximum atomic E-state index is 12.7. The molecule has 0 aliphatic rings. The number of esters is 2. The van der Waals surface area contributed by atoms with Crippen LogP contribution in [0.2, 0.25) is 0 Å². The minimum atomic E-state index is -4.84. The lowest BCUT2D eigenvalue weighted by atomic mass is 9.75. The molecule has 0 fully saturated rings. The zero-order valence-electron chi connectivity index (χ0n) is 28.4. The number of ether oxygens (including phenoxy) is 5. The number of unbranched alkanes of at least 4 members (excludes halogenated alkanes) is 6. The van der Waals surface area contributed by atoms with Crippen molar-refractivity contribution in [3.8, 4) is 5.75 Å². The molecule has 12 heteroatoms. The molecule has 46 heavy (non-hydrogen) atoms. The van der Waals surface area contributed by atoms with E-state index in [1.807, 2.05) is 31.2 Å². The van der Waals surface area contributed by atoms with E-state index in [1.165, 1.54) is 58.3 Å². The molecule has 0 aromatic heterocycles. The van der Waals surface area contributed by atoms with Crippen LogP contribution in [0.15, 0.2) is 36.4 Å². The fraction of sp³-hybridized carbons (Fsp3) is 0.706. The molecule has 1 rings (SSSR count). The molecule has 1 aromatic carbocycles. The van der Waals surface area contributed by atoms with Crippen LogP contribution in [0, 0.1) is 11.3 Å². The fourth-order valence-corrected chi connectivity index (χ4v) is 5.48. The van der Waals surface area contributed by atoms with Crippen molar-refractivity contribution in [2.45, 2.75) is 97.5 Å². The summed E-state index contributed by atoms with van der Waals surface area (Å²) in [5.74, 6) is -0.473. The Balaban J connectivity index is 2.73. The summed E-state index contributed by atoms with van der Waals surface area (Å²) in [4.78, 5) is 24.7. The molecule has 0 bridgehead atoms. The van der Waals surface area contributed by atoms with Gasteiger partial charge in [0, 0.05) is 12.2 Å². The van der Waals surface area contributed by atoms with Gasteiger partial charge >= 0.3 is 11.9 Å². The lowest BCUT2D eigenvalue weighted by molar-refractivity contribution is -0.153. The molecule has 0 N–H and O–H groups in total. The molecule has 0 saturated carbocycles. The molecule has 1 aromatic rings. The average Bonchev–Trinajstić information content (AvgIpc) is 3.03. The SMILES string of the molecule is C=C(CC(C)(CC(CC)COCC(COc1ccc(CCCCCCCCC)cc1)OCCOS(=O)(=O)[O-])C(=O)OC)C(=O)OC. The Morgan fingerprint density at radius 2 is 1.57 bits per heavy atom. The molecule has 0 amide bonds. The van der Waals surface area contributed by atoms with Gasteiger partial charge in [0.15, 0.2) is 0 Å². The van der Waals surface area contributed by atoms with Gasteiger partial charge in [0.1, 0.15) is 18.5 Å². The molecule has 0 aliphatic carbocycles. The number of methoxy groups -OCH3 is 2. The second-order valence-electron chi connectivity index (χ2n) is 11.9. The summed E-state index contributed by atoms with van der Waals surface area (Å²) in [6.07, 6.45) is 10.3. The van der Waals surface area contributed by atoms with Crippen molar-refractivity contribution < 1.29 is 50.4 Å². The maximum absolute atomic E-state index is 12.7. The molecule has 0 saturated heterocycles. The number of benzene rings is 1. The molecule has 3 unspecified atom stereocenters. The maximum Gasteiger partial charge on any atom is 0.333 e. The predicted molar refractivity (Wildman–Crippen MR) is 174 cm³/mol. The highest BCUT2D eigenvalue weighted by atomic mass is 32.3. The van der Waals surface area contributed by atoms with Crippen LogP contribution in [0.4, 0.5) is 0 Å². The number of aryl methyl sites for hydroxylation is 1. The Bertz CT molecular complexity index is 1120. The van der Waals surface area contributed by atoms with Crippen LogP contribution in [-0.2, 0) is 49.5 Å². The van der Waals surface area contributed by atoms with E-state index in [4.69, 9.17) is 23.7 Å². The first-order valence-corrected chi connectivity index (χ1v) is 17.6. The van der Waals surface area contributed by atoms with E-state index >= 15 is 0 Å². The predicted octanol–water partition coefficient (Wildman–Crippen LogP) is 5.95. The third kappa shape index (κ3) is 18.0. The quantitative estimate of drug-likeness (QED) is 0.0359. The number of hydrogen-bond acceptors (Lipinski definition) is 11. The lowest BCUT2D eigenvalue weighted by Crippen LogP contribution is -2.35. The third-order valence-corrected chi connectivity index (χ3v) is 8.28. The first-order valence-electron chi connectivity index (χ1n) is 16.2. The van der Waals surface area contributed by atoms with Gasteiger partial charge in [-0.3, -0.25) is 8.98 Å². The summed E-state index contributed by atoms with van der Waals surface area (Å²) in [7, 11) is -2.28. The summed E-state index contributed by atoms with van der Waals surface area (Å²) >= 11 is 0. The number of carbonyl (C=O) groups is 2. The van der Waals surface area contributed by atoms with Gasteiger partial charge in [-0.05, 0) is 56.2 Å². The molecule has 3 atom stereocenters. The highest BCUT2D eigenvalue weighted by Crippen LogP contribution is 2.36. The van der Waals surface area contributed by atoms with Crippen LogP contribution in [-0.4, -0.2) is 78.3 Å². The molecule has 0 spiro atoms. The zero-order valence-corrected chi connectivity index (χ0v) is 29.2. The Morgan fingerprint density at radius 3 is 2.15 bits per heavy atom. The number of carbonyl (C=O) groups excluding carboxylic acids is 2. The zero-order chi connectivity index (χ0) is 34.4. The van der Waals surface area contributed by atoms with Crippen molar-refractivity contribution in [2.75, 3.05) is 47.3 Å². The van der Waals surface area contributed by atoms with E-state index in [0.29, 0.717) is 18.6 Å². The topological polar surface area (TPSA) is 147 Å². The Hall–Kier alpha value is -2.51. The van der Waals surface area contributed by atoms with Crippen LogP contribution in [0.1, 0.15) is 90.5 Å². The first-order chi connectivity index (χ1) is 21.9. The summed E-state index contributed by atoms with van der Waals surface area (Å²) in [6.45, 7) is 9.55. The number of rotatable bonds is 27. The van der Waals surface area contributed by atoms with Gasteiger partial charge in [0.2, 0.25) is 10.4 Å². The standard InChI is InChI=1S/C34H56O11S/c1-7-9-10-11-12-13-14-15-29-16-18-30(19-17-29)44-26-31(43-20-21-45-46(37,38)39)25-42-24-28(8-2)23-34(4,33(36)41-6)22-27(3)32(35)40-5/h16-19,28,31H,3,7-15,20-26H2,1-2,4-6H3,(H,37,38,39)/p-1. The van der Waals surface area contributed by atoms with Crippen LogP contribution in [0.5, 0.6) is 5.75 Å². The van der Waals surface area contributed by atoms with Crippen molar-refractivity contribution in [3.05, 3.63) is 42.0 Å². The molecular weight excluding hydrogens is 616 g/mol. The second-order valence-corrected chi connectivity index (χ2v) is 12.9. The summed E-state index contributed by atoms with van der Waals surface area (Å²) in [5.41, 5.74) is 0.392. The van der Waals surface area contributed by atoms with E-state index in [2.05, 4.69) is 17.7 Å². The summed E-state index contributed by atoms with van der Waals surface area (Å²) < 4.78 is 64.1. The fourth-order valence-electron chi connectivity index (χ4n) is 5.21. The summed E-state index contributed by atoms with van der Waals surface area (Å²) in [6, 6.07) is 7.91. The Kier molecular flexibility index (Phi) is 20.7. The van der Waals surface area contributed by atoms with E-state index in [-0.39, 0.29) is 44.3 Å². The second kappa shape index (κ2) is 22.9. The first kappa shape index (κ1) is 41.5.